The predicted octanol–water partition coefficient (Wildman–Crippen LogP) is 4.84. The zero-order valence-electron chi connectivity index (χ0n) is 14.0. The number of amides is 1. The zero-order chi connectivity index (χ0) is 17.3. The number of ether oxygens (including phenoxy) is 1. The number of anilines is 1. The molecule has 0 unspecified atom stereocenters. The van der Waals surface area contributed by atoms with Gasteiger partial charge in [-0.1, -0.05) is 35.9 Å². The van der Waals surface area contributed by atoms with Gasteiger partial charge in [0.05, 0.1) is 0 Å². The fourth-order valence-corrected chi connectivity index (χ4v) is 1.60. The number of aldehydes is 1. The van der Waals surface area contributed by atoms with Gasteiger partial charge in [0.2, 0.25) is 0 Å². The lowest BCUT2D eigenvalue weighted by molar-refractivity contribution is 0.0636. The lowest BCUT2D eigenvalue weighted by Gasteiger charge is -2.19. The first-order valence-corrected chi connectivity index (χ1v) is 7.37. The molecule has 0 atom stereocenters. The van der Waals surface area contributed by atoms with E-state index in [1.165, 1.54) is 5.56 Å². The van der Waals surface area contributed by atoms with Crippen molar-refractivity contribution in [3.8, 4) is 0 Å². The second-order valence-electron chi connectivity index (χ2n) is 6.02. The van der Waals surface area contributed by atoms with Gasteiger partial charge in [0.25, 0.3) is 0 Å². The minimum absolute atomic E-state index is 0.508. The molecule has 4 heteroatoms. The van der Waals surface area contributed by atoms with Crippen molar-refractivity contribution in [3.63, 3.8) is 0 Å². The first-order valence-electron chi connectivity index (χ1n) is 7.37. The van der Waals surface area contributed by atoms with Crippen LogP contribution in [0.3, 0.4) is 0 Å². The predicted molar refractivity (Wildman–Crippen MR) is 92.9 cm³/mol. The van der Waals surface area contributed by atoms with E-state index in [9.17, 15) is 9.59 Å². The van der Waals surface area contributed by atoms with Gasteiger partial charge in [-0.3, -0.25) is 10.1 Å². The summed E-state index contributed by atoms with van der Waals surface area (Å²) in [4.78, 5) is 21.8. The van der Waals surface area contributed by atoms with Gasteiger partial charge < -0.3 is 4.74 Å². The molecular formula is C19H23NO3. The van der Waals surface area contributed by atoms with E-state index < -0.39 is 11.7 Å². The molecule has 0 aliphatic carbocycles. The summed E-state index contributed by atoms with van der Waals surface area (Å²) < 4.78 is 5.08. The van der Waals surface area contributed by atoms with Crippen LogP contribution in [0.5, 0.6) is 0 Å². The second-order valence-corrected chi connectivity index (χ2v) is 6.02. The maximum absolute atomic E-state index is 11.4. The summed E-state index contributed by atoms with van der Waals surface area (Å²) in [5, 5.41) is 2.57. The normalized spacial score (nSPS) is 10.1. The van der Waals surface area contributed by atoms with Crippen LogP contribution in [0.1, 0.15) is 36.7 Å². The maximum Gasteiger partial charge on any atom is 0.412 e. The number of carbonyl (C=O) groups excluding carboxylic acids is 2. The van der Waals surface area contributed by atoms with Gasteiger partial charge in [0, 0.05) is 11.3 Å². The Hall–Kier alpha value is -2.62. The lowest BCUT2D eigenvalue weighted by atomic mass is 10.2. The van der Waals surface area contributed by atoms with Crippen LogP contribution in [0.2, 0.25) is 0 Å². The fourth-order valence-electron chi connectivity index (χ4n) is 1.60. The van der Waals surface area contributed by atoms with Crippen molar-refractivity contribution in [2.45, 2.75) is 33.3 Å². The number of benzene rings is 2. The standard InChI is InChI=1S/C12H15NO3.C7H8/c1-12(2,3)16-11(15)13-10-6-4-9(8-14)5-7-10;1-7-5-3-2-4-6-7/h4-8H,1-3H3,(H,13,15);2-6H,1H3. The highest BCUT2D eigenvalue weighted by Crippen LogP contribution is 2.12. The van der Waals surface area contributed by atoms with E-state index in [1.54, 1.807) is 45.0 Å². The molecule has 0 saturated carbocycles. The molecule has 0 aromatic heterocycles. The van der Waals surface area contributed by atoms with E-state index in [4.69, 9.17) is 4.74 Å². The molecule has 0 spiro atoms. The van der Waals surface area contributed by atoms with Crippen LogP contribution < -0.4 is 5.32 Å². The largest absolute Gasteiger partial charge is 0.444 e. The quantitative estimate of drug-likeness (QED) is 0.807. The summed E-state index contributed by atoms with van der Waals surface area (Å²) in [6, 6.07) is 16.8. The van der Waals surface area contributed by atoms with Gasteiger partial charge in [-0.05, 0) is 52.0 Å². The molecule has 0 saturated heterocycles. The van der Waals surface area contributed by atoms with Crippen LogP contribution in [0.25, 0.3) is 0 Å². The Labute approximate surface area is 137 Å². The van der Waals surface area contributed by atoms with Crippen molar-refractivity contribution >= 4 is 18.1 Å². The summed E-state index contributed by atoms with van der Waals surface area (Å²) in [5.41, 5.74) is 1.96. The van der Waals surface area contributed by atoms with Crippen molar-refractivity contribution in [3.05, 3.63) is 65.7 Å². The van der Waals surface area contributed by atoms with Crippen LogP contribution in [0, 0.1) is 6.92 Å². The van der Waals surface area contributed by atoms with E-state index in [0.29, 0.717) is 11.3 Å². The van der Waals surface area contributed by atoms with Crippen LogP contribution in [-0.2, 0) is 4.74 Å². The van der Waals surface area contributed by atoms with E-state index in [-0.39, 0.29) is 0 Å². The molecule has 2 aromatic carbocycles. The summed E-state index contributed by atoms with van der Waals surface area (Å²) in [5.74, 6) is 0. The Morgan fingerprint density at radius 1 is 1.00 bits per heavy atom. The number of hydrogen-bond donors (Lipinski definition) is 1. The average molecular weight is 313 g/mol. The maximum atomic E-state index is 11.4. The summed E-state index contributed by atoms with van der Waals surface area (Å²) in [7, 11) is 0. The number of aryl methyl sites for hydroxylation is 1. The van der Waals surface area contributed by atoms with Crippen molar-refractivity contribution in [1.29, 1.82) is 0 Å². The van der Waals surface area contributed by atoms with Gasteiger partial charge in [-0.2, -0.15) is 0 Å². The third-order valence-electron chi connectivity index (χ3n) is 2.63. The molecule has 0 radical (unpaired) electrons. The molecule has 122 valence electrons. The van der Waals surface area contributed by atoms with Gasteiger partial charge in [0.15, 0.2) is 0 Å². The third kappa shape index (κ3) is 8.41. The Kier molecular flexibility index (Phi) is 7.00. The summed E-state index contributed by atoms with van der Waals surface area (Å²) in [6.45, 7) is 7.46. The molecule has 0 heterocycles. The van der Waals surface area contributed by atoms with Gasteiger partial charge in [-0.15, -0.1) is 0 Å². The lowest BCUT2D eigenvalue weighted by Crippen LogP contribution is -2.27. The zero-order valence-corrected chi connectivity index (χ0v) is 14.0. The minimum atomic E-state index is -0.521. The Morgan fingerprint density at radius 3 is 1.96 bits per heavy atom. The molecule has 1 amide bonds. The van der Waals surface area contributed by atoms with Gasteiger partial charge >= 0.3 is 6.09 Å². The van der Waals surface area contributed by atoms with Crippen LogP contribution in [-0.4, -0.2) is 18.0 Å². The Morgan fingerprint density at radius 2 is 1.57 bits per heavy atom. The molecule has 0 aliphatic rings. The first kappa shape index (κ1) is 18.4. The number of rotatable bonds is 2. The highest BCUT2D eigenvalue weighted by atomic mass is 16.6. The molecule has 0 fully saturated rings. The minimum Gasteiger partial charge on any atom is -0.444 e. The van der Waals surface area contributed by atoms with E-state index in [0.717, 1.165) is 6.29 Å². The molecule has 1 N–H and O–H groups in total. The number of hydrogen-bond acceptors (Lipinski definition) is 3. The molecule has 2 rings (SSSR count). The van der Waals surface area contributed by atoms with E-state index in [1.807, 2.05) is 18.2 Å². The highest BCUT2D eigenvalue weighted by molar-refractivity contribution is 5.85. The van der Waals surface area contributed by atoms with Crippen LogP contribution in [0.4, 0.5) is 10.5 Å². The molecule has 2 aromatic rings. The third-order valence-corrected chi connectivity index (χ3v) is 2.63. The Balaban J connectivity index is 0.000000313. The van der Waals surface area contributed by atoms with Gasteiger partial charge in [0.1, 0.15) is 11.9 Å². The molecular weight excluding hydrogens is 290 g/mol. The summed E-state index contributed by atoms with van der Waals surface area (Å²) in [6.07, 6.45) is 0.239. The topological polar surface area (TPSA) is 55.4 Å². The highest BCUT2D eigenvalue weighted by Gasteiger charge is 2.15. The second kappa shape index (κ2) is 8.73. The van der Waals surface area contributed by atoms with Crippen LogP contribution in [0.15, 0.2) is 54.6 Å². The molecule has 0 bridgehead atoms. The van der Waals surface area contributed by atoms with Crippen molar-refractivity contribution < 1.29 is 14.3 Å². The Bertz CT molecular complexity index is 613. The van der Waals surface area contributed by atoms with Crippen LogP contribution >= 0.6 is 0 Å². The average Bonchev–Trinajstić information content (AvgIpc) is 2.47. The first-order chi connectivity index (χ1) is 10.8. The summed E-state index contributed by atoms with van der Waals surface area (Å²) >= 11 is 0. The number of nitrogens with one attached hydrogen (secondary N) is 1. The molecule has 4 nitrogen and oxygen atoms in total. The fraction of sp³-hybridized carbons (Fsp3) is 0.263. The van der Waals surface area contributed by atoms with E-state index in [2.05, 4.69) is 24.4 Å². The molecule has 0 aliphatic heterocycles. The van der Waals surface area contributed by atoms with Crippen molar-refractivity contribution in [1.82, 2.24) is 0 Å². The SMILES string of the molecule is CC(C)(C)OC(=O)Nc1ccc(C=O)cc1.Cc1ccccc1. The molecule has 23 heavy (non-hydrogen) atoms. The van der Waals surface area contributed by atoms with Crippen molar-refractivity contribution in [2.75, 3.05) is 5.32 Å². The van der Waals surface area contributed by atoms with Crippen molar-refractivity contribution in [2.24, 2.45) is 0 Å². The monoisotopic (exact) mass is 313 g/mol. The van der Waals surface area contributed by atoms with Gasteiger partial charge in [-0.25, -0.2) is 4.79 Å². The van der Waals surface area contributed by atoms with E-state index >= 15 is 0 Å². The smallest absolute Gasteiger partial charge is 0.412 e. The number of carbonyl (C=O) groups is 2.